The van der Waals surface area contributed by atoms with Gasteiger partial charge in [0.15, 0.2) is 0 Å². The number of carbonyl (C=O) groups is 1. The van der Waals surface area contributed by atoms with Crippen molar-refractivity contribution in [2.75, 3.05) is 32.4 Å². The molecule has 21 heavy (non-hydrogen) atoms. The van der Waals surface area contributed by atoms with Crippen molar-refractivity contribution in [2.24, 2.45) is 0 Å². The Labute approximate surface area is 130 Å². The highest BCUT2D eigenvalue weighted by molar-refractivity contribution is 8.00. The van der Waals surface area contributed by atoms with Gasteiger partial charge >= 0.3 is 0 Å². The van der Waals surface area contributed by atoms with Gasteiger partial charge in [0.05, 0.1) is 11.5 Å². The van der Waals surface area contributed by atoms with Crippen LogP contribution < -0.4 is 0 Å². The number of benzene rings is 1. The van der Waals surface area contributed by atoms with Crippen molar-refractivity contribution in [3.05, 3.63) is 30.3 Å². The molecule has 0 aromatic heterocycles. The lowest BCUT2D eigenvalue weighted by Gasteiger charge is -2.34. The summed E-state index contributed by atoms with van der Waals surface area (Å²) in [7, 11) is -3.15. The van der Waals surface area contributed by atoms with Crippen LogP contribution in [0.5, 0.6) is 0 Å². The maximum atomic E-state index is 12.4. The largest absolute Gasteiger partial charge is 0.339 e. The molecular formula is C14H20N2O3S2. The van der Waals surface area contributed by atoms with Crippen molar-refractivity contribution in [2.45, 2.75) is 17.1 Å². The fourth-order valence-electron chi connectivity index (χ4n) is 2.25. The first-order valence-corrected chi connectivity index (χ1v) is 9.56. The lowest BCUT2D eigenvalue weighted by molar-refractivity contribution is -0.131. The monoisotopic (exact) mass is 328 g/mol. The lowest BCUT2D eigenvalue weighted by Crippen LogP contribution is -2.51. The summed E-state index contributed by atoms with van der Waals surface area (Å²) in [5.41, 5.74) is 0. The van der Waals surface area contributed by atoms with Gasteiger partial charge in [-0.15, -0.1) is 11.8 Å². The Balaban J connectivity index is 1.90. The molecule has 1 atom stereocenters. The fourth-order valence-corrected chi connectivity index (χ4v) is 4.05. The summed E-state index contributed by atoms with van der Waals surface area (Å²) in [6.07, 6.45) is 1.21. The molecule has 7 heteroatoms. The van der Waals surface area contributed by atoms with E-state index in [1.165, 1.54) is 22.3 Å². The first kappa shape index (κ1) is 16.3. The topological polar surface area (TPSA) is 57.7 Å². The molecule has 1 aromatic rings. The van der Waals surface area contributed by atoms with E-state index in [2.05, 4.69) is 0 Å². The number of amides is 1. The first-order valence-electron chi connectivity index (χ1n) is 6.83. The number of rotatable bonds is 4. The summed E-state index contributed by atoms with van der Waals surface area (Å²) in [5, 5.41) is -0.169. The molecule has 1 unspecified atom stereocenters. The van der Waals surface area contributed by atoms with Crippen LogP contribution in [-0.4, -0.2) is 61.2 Å². The zero-order chi connectivity index (χ0) is 15.5. The molecule has 1 fully saturated rings. The van der Waals surface area contributed by atoms with E-state index < -0.39 is 10.0 Å². The molecule has 0 spiro atoms. The van der Waals surface area contributed by atoms with Crippen LogP contribution in [0.3, 0.4) is 0 Å². The van der Waals surface area contributed by atoms with Crippen LogP contribution >= 0.6 is 11.8 Å². The van der Waals surface area contributed by atoms with E-state index in [-0.39, 0.29) is 11.2 Å². The predicted octanol–water partition coefficient (Wildman–Crippen LogP) is 1.27. The third-order valence-electron chi connectivity index (χ3n) is 3.42. The Morgan fingerprint density at radius 1 is 1.14 bits per heavy atom. The van der Waals surface area contributed by atoms with Gasteiger partial charge < -0.3 is 4.90 Å². The van der Waals surface area contributed by atoms with E-state index in [0.717, 1.165) is 4.90 Å². The van der Waals surface area contributed by atoms with Crippen molar-refractivity contribution in [1.82, 2.24) is 9.21 Å². The third kappa shape index (κ3) is 4.46. The zero-order valence-electron chi connectivity index (χ0n) is 12.2. The SMILES string of the molecule is CC(Sc1ccccc1)C(=O)N1CCN(S(C)(=O)=O)CC1. The molecule has 0 radical (unpaired) electrons. The minimum Gasteiger partial charge on any atom is -0.339 e. The molecule has 1 heterocycles. The highest BCUT2D eigenvalue weighted by atomic mass is 32.2. The van der Waals surface area contributed by atoms with Crippen LogP contribution in [0.4, 0.5) is 0 Å². The van der Waals surface area contributed by atoms with Crippen molar-refractivity contribution >= 4 is 27.7 Å². The smallest absolute Gasteiger partial charge is 0.235 e. The minimum absolute atomic E-state index is 0.0667. The molecule has 1 aromatic carbocycles. The Morgan fingerprint density at radius 3 is 2.24 bits per heavy atom. The van der Waals surface area contributed by atoms with Gasteiger partial charge in [0.1, 0.15) is 0 Å². The summed E-state index contributed by atoms with van der Waals surface area (Å²) in [6.45, 7) is 3.58. The second-order valence-electron chi connectivity index (χ2n) is 5.06. The van der Waals surface area contributed by atoms with Gasteiger partial charge in [0.2, 0.25) is 15.9 Å². The zero-order valence-corrected chi connectivity index (χ0v) is 13.9. The van der Waals surface area contributed by atoms with Gasteiger partial charge in [-0.3, -0.25) is 4.79 Å². The molecule has 5 nitrogen and oxygen atoms in total. The maximum absolute atomic E-state index is 12.4. The molecule has 0 bridgehead atoms. The number of thioether (sulfide) groups is 1. The summed E-state index contributed by atoms with van der Waals surface area (Å²) >= 11 is 1.53. The van der Waals surface area contributed by atoms with E-state index in [4.69, 9.17) is 0 Å². The van der Waals surface area contributed by atoms with E-state index in [1.807, 2.05) is 37.3 Å². The summed E-state index contributed by atoms with van der Waals surface area (Å²) in [5.74, 6) is 0.0667. The molecule has 0 N–H and O–H groups in total. The van der Waals surface area contributed by atoms with Crippen LogP contribution in [0, 0.1) is 0 Å². The highest BCUT2D eigenvalue weighted by Crippen LogP contribution is 2.24. The number of hydrogen-bond acceptors (Lipinski definition) is 4. The molecule has 2 rings (SSSR count). The van der Waals surface area contributed by atoms with Crippen molar-refractivity contribution in [3.63, 3.8) is 0 Å². The molecule has 1 saturated heterocycles. The third-order valence-corrected chi connectivity index (χ3v) is 5.83. The van der Waals surface area contributed by atoms with Gasteiger partial charge in [0, 0.05) is 31.1 Å². The Hall–Kier alpha value is -1.05. The summed E-state index contributed by atoms with van der Waals surface area (Å²) < 4.78 is 24.3. The van der Waals surface area contributed by atoms with E-state index in [1.54, 1.807) is 4.90 Å². The number of sulfonamides is 1. The first-order chi connectivity index (χ1) is 9.88. The molecule has 0 saturated carbocycles. The standard InChI is InChI=1S/C14H20N2O3S2/c1-12(20-13-6-4-3-5-7-13)14(17)15-8-10-16(11-9-15)21(2,18)19/h3-7,12H,8-11H2,1-2H3. The molecule has 116 valence electrons. The molecule has 1 aliphatic rings. The van der Waals surface area contributed by atoms with E-state index in [0.29, 0.717) is 26.2 Å². The number of piperazine rings is 1. The van der Waals surface area contributed by atoms with Gasteiger partial charge in [-0.25, -0.2) is 8.42 Å². The predicted molar refractivity (Wildman–Crippen MR) is 84.8 cm³/mol. The number of hydrogen-bond donors (Lipinski definition) is 0. The second-order valence-corrected chi connectivity index (χ2v) is 8.46. The van der Waals surface area contributed by atoms with Crippen molar-refractivity contribution < 1.29 is 13.2 Å². The van der Waals surface area contributed by atoms with Gasteiger partial charge in [-0.05, 0) is 19.1 Å². The van der Waals surface area contributed by atoms with Gasteiger partial charge in [-0.2, -0.15) is 4.31 Å². The van der Waals surface area contributed by atoms with E-state index >= 15 is 0 Å². The molecule has 1 aliphatic heterocycles. The van der Waals surface area contributed by atoms with Crippen LogP contribution in [0.25, 0.3) is 0 Å². The molecule has 0 aliphatic carbocycles. The summed E-state index contributed by atoms with van der Waals surface area (Å²) in [4.78, 5) is 15.2. The minimum atomic E-state index is -3.15. The second kappa shape index (κ2) is 6.81. The maximum Gasteiger partial charge on any atom is 0.235 e. The number of nitrogens with zero attached hydrogens (tertiary/aromatic N) is 2. The lowest BCUT2D eigenvalue weighted by atomic mass is 10.3. The quantitative estimate of drug-likeness (QED) is 0.781. The van der Waals surface area contributed by atoms with Crippen LogP contribution in [0.15, 0.2) is 35.2 Å². The van der Waals surface area contributed by atoms with Gasteiger partial charge in [0.25, 0.3) is 0 Å². The Bertz CT molecular complexity index is 581. The molecule has 1 amide bonds. The van der Waals surface area contributed by atoms with Gasteiger partial charge in [-0.1, -0.05) is 18.2 Å². The van der Waals surface area contributed by atoms with Crippen molar-refractivity contribution in [1.29, 1.82) is 0 Å². The fraction of sp³-hybridized carbons (Fsp3) is 0.500. The molecular weight excluding hydrogens is 308 g/mol. The highest BCUT2D eigenvalue weighted by Gasteiger charge is 2.28. The average Bonchev–Trinajstić information content (AvgIpc) is 2.46. The van der Waals surface area contributed by atoms with Crippen LogP contribution in [0.1, 0.15) is 6.92 Å². The summed E-state index contributed by atoms with van der Waals surface area (Å²) in [6, 6.07) is 9.81. The Morgan fingerprint density at radius 2 is 1.71 bits per heavy atom. The van der Waals surface area contributed by atoms with E-state index in [9.17, 15) is 13.2 Å². The van der Waals surface area contributed by atoms with Crippen molar-refractivity contribution in [3.8, 4) is 0 Å². The number of carbonyl (C=O) groups excluding carboxylic acids is 1. The van der Waals surface area contributed by atoms with Crippen LogP contribution in [0.2, 0.25) is 0 Å². The van der Waals surface area contributed by atoms with Crippen LogP contribution in [-0.2, 0) is 14.8 Å². The average molecular weight is 328 g/mol. The normalized spacial score (nSPS) is 18.5. The Kier molecular flexibility index (Phi) is 5.29.